The topological polar surface area (TPSA) is 37.3 Å². The molecule has 4 aliphatic carbocycles. The quantitative estimate of drug-likeness (QED) is 0.767. The standard InChI is InChI=1S/C21H34O2/c1-13(22)17-6-7-18-16-5-4-14-12-15(23)8-10-20(14,2)19(16)9-11-21(17,18)3/h14-19,23H,4-12H2,1-3H3/t14-,15+,16-,17+,18+,19+,20-,21+/m0/s1. The van der Waals surface area contributed by atoms with Crippen LogP contribution in [0.5, 0.6) is 0 Å². The fourth-order valence-electron chi connectivity index (χ4n) is 7.90. The molecule has 4 fully saturated rings. The molecule has 4 saturated carbocycles. The monoisotopic (exact) mass is 318 g/mol. The first-order valence-corrected chi connectivity index (χ1v) is 10.0. The number of hydrogen-bond donors (Lipinski definition) is 1. The number of aliphatic hydroxyl groups is 1. The van der Waals surface area contributed by atoms with E-state index in [0.717, 1.165) is 42.9 Å². The smallest absolute Gasteiger partial charge is 0.133 e. The van der Waals surface area contributed by atoms with E-state index in [2.05, 4.69) is 13.8 Å². The van der Waals surface area contributed by atoms with Crippen LogP contribution in [0.15, 0.2) is 0 Å². The van der Waals surface area contributed by atoms with Crippen molar-refractivity contribution >= 4 is 5.78 Å². The number of ketones is 1. The zero-order valence-corrected chi connectivity index (χ0v) is 15.2. The van der Waals surface area contributed by atoms with Crippen molar-refractivity contribution < 1.29 is 9.90 Å². The van der Waals surface area contributed by atoms with Gasteiger partial charge in [-0.15, -0.1) is 0 Å². The third-order valence-electron chi connectivity index (χ3n) is 9.13. The largest absolute Gasteiger partial charge is 0.393 e. The van der Waals surface area contributed by atoms with Crippen LogP contribution >= 0.6 is 0 Å². The normalized spacial score (nSPS) is 55.7. The first kappa shape index (κ1) is 16.1. The molecule has 4 aliphatic rings. The van der Waals surface area contributed by atoms with E-state index < -0.39 is 0 Å². The van der Waals surface area contributed by atoms with E-state index in [0.29, 0.717) is 17.1 Å². The molecule has 2 heteroatoms. The maximum atomic E-state index is 12.2. The summed E-state index contributed by atoms with van der Waals surface area (Å²) in [6, 6.07) is 0. The molecular weight excluding hydrogens is 284 g/mol. The van der Waals surface area contributed by atoms with Gasteiger partial charge in [0.15, 0.2) is 0 Å². The molecule has 0 amide bonds. The Labute approximate surface area is 141 Å². The van der Waals surface area contributed by atoms with Crippen LogP contribution in [0, 0.1) is 40.4 Å². The van der Waals surface area contributed by atoms with Gasteiger partial charge in [0.1, 0.15) is 5.78 Å². The molecule has 0 aromatic carbocycles. The minimum absolute atomic E-state index is 0.0490. The lowest BCUT2D eigenvalue weighted by Gasteiger charge is -2.60. The Morgan fingerprint density at radius 2 is 1.61 bits per heavy atom. The second-order valence-corrected chi connectivity index (χ2v) is 9.87. The molecule has 0 heterocycles. The second kappa shape index (κ2) is 5.31. The van der Waals surface area contributed by atoms with Gasteiger partial charge in [0.25, 0.3) is 0 Å². The predicted molar refractivity (Wildman–Crippen MR) is 91.9 cm³/mol. The molecule has 1 N–H and O–H groups in total. The Kier molecular flexibility index (Phi) is 3.72. The van der Waals surface area contributed by atoms with Crippen molar-refractivity contribution in [3.8, 4) is 0 Å². The highest BCUT2D eigenvalue weighted by molar-refractivity contribution is 5.79. The van der Waals surface area contributed by atoms with Crippen molar-refractivity contribution in [3.63, 3.8) is 0 Å². The van der Waals surface area contributed by atoms with Crippen LogP contribution in [0.3, 0.4) is 0 Å². The third kappa shape index (κ3) is 2.19. The number of aliphatic hydroxyl groups excluding tert-OH is 1. The van der Waals surface area contributed by atoms with Gasteiger partial charge in [-0.1, -0.05) is 13.8 Å². The van der Waals surface area contributed by atoms with Crippen molar-refractivity contribution in [2.24, 2.45) is 40.4 Å². The van der Waals surface area contributed by atoms with Gasteiger partial charge in [0.05, 0.1) is 6.10 Å². The molecular formula is C21H34O2. The minimum Gasteiger partial charge on any atom is -0.393 e. The fourth-order valence-corrected chi connectivity index (χ4v) is 7.90. The summed E-state index contributed by atoms with van der Waals surface area (Å²) in [7, 11) is 0. The van der Waals surface area contributed by atoms with E-state index >= 15 is 0 Å². The second-order valence-electron chi connectivity index (χ2n) is 9.87. The van der Waals surface area contributed by atoms with Gasteiger partial charge in [-0.25, -0.2) is 0 Å². The summed E-state index contributed by atoms with van der Waals surface area (Å²) in [6.07, 6.45) is 10.9. The molecule has 0 aliphatic heterocycles. The highest BCUT2D eigenvalue weighted by Crippen LogP contribution is 2.67. The molecule has 0 aromatic rings. The van der Waals surface area contributed by atoms with Crippen LogP contribution in [0.25, 0.3) is 0 Å². The summed E-state index contributed by atoms with van der Waals surface area (Å²) in [5.74, 6) is 3.97. The van der Waals surface area contributed by atoms with Gasteiger partial charge in [-0.2, -0.15) is 0 Å². The van der Waals surface area contributed by atoms with Crippen LogP contribution in [0.4, 0.5) is 0 Å². The Bertz CT molecular complexity index is 500. The number of rotatable bonds is 1. The van der Waals surface area contributed by atoms with Gasteiger partial charge in [0, 0.05) is 5.92 Å². The lowest BCUT2D eigenvalue weighted by Crippen LogP contribution is -2.54. The molecule has 0 spiro atoms. The number of hydrogen-bond acceptors (Lipinski definition) is 2. The Morgan fingerprint density at radius 1 is 0.913 bits per heavy atom. The van der Waals surface area contributed by atoms with Crippen LogP contribution < -0.4 is 0 Å². The van der Waals surface area contributed by atoms with Gasteiger partial charge in [0.2, 0.25) is 0 Å². The molecule has 0 saturated heterocycles. The number of carbonyl (C=O) groups is 1. The van der Waals surface area contributed by atoms with E-state index in [1.807, 2.05) is 6.92 Å². The molecule has 2 nitrogen and oxygen atoms in total. The summed E-state index contributed by atoms with van der Waals surface area (Å²) in [6.45, 7) is 6.80. The maximum Gasteiger partial charge on any atom is 0.133 e. The van der Waals surface area contributed by atoms with Crippen LogP contribution in [0.1, 0.15) is 78.6 Å². The predicted octanol–water partition coefficient (Wildman–Crippen LogP) is 4.60. The molecule has 4 rings (SSSR count). The molecule has 0 radical (unpaired) electrons. The highest BCUT2D eigenvalue weighted by atomic mass is 16.3. The van der Waals surface area contributed by atoms with E-state index in [4.69, 9.17) is 0 Å². The molecule has 130 valence electrons. The van der Waals surface area contributed by atoms with Crippen LogP contribution in [0.2, 0.25) is 0 Å². The molecule has 23 heavy (non-hydrogen) atoms. The highest BCUT2D eigenvalue weighted by Gasteiger charge is 2.60. The average molecular weight is 319 g/mol. The van der Waals surface area contributed by atoms with E-state index in [1.165, 1.54) is 38.5 Å². The summed E-state index contributed by atoms with van der Waals surface area (Å²) in [5.41, 5.74) is 0.738. The maximum absolute atomic E-state index is 12.2. The van der Waals surface area contributed by atoms with Crippen molar-refractivity contribution in [3.05, 3.63) is 0 Å². The summed E-state index contributed by atoms with van der Waals surface area (Å²) < 4.78 is 0. The molecule has 8 atom stereocenters. The lowest BCUT2D eigenvalue weighted by molar-refractivity contribution is -0.138. The minimum atomic E-state index is -0.0490. The van der Waals surface area contributed by atoms with E-state index in [1.54, 1.807) is 0 Å². The Hall–Kier alpha value is -0.370. The van der Waals surface area contributed by atoms with Gasteiger partial charge in [-0.3, -0.25) is 4.79 Å². The molecule has 0 bridgehead atoms. The number of Topliss-reactive ketones (excluding diaryl/α,β-unsaturated/α-hetero) is 1. The van der Waals surface area contributed by atoms with Crippen molar-refractivity contribution in [1.29, 1.82) is 0 Å². The SMILES string of the molecule is CC(=O)[C@H]1CC[C@@H]2[C@@H]3CC[C@H]4C[C@H](O)CC[C@]4(C)[C@@H]3CC[C@]12C. The average Bonchev–Trinajstić information content (AvgIpc) is 2.85. The Balaban J connectivity index is 1.61. The van der Waals surface area contributed by atoms with Gasteiger partial charge < -0.3 is 5.11 Å². The molecule has 0 aromatic heterocycles. The third-order valence-corrected chi connectivity index (χ3v) is 9.13. The van der Waals surface area contributed by atoms with Gasteiger partial charge >= 0.3 is 0 Å². The Morgan fingerprint density at radius 3 is 2.35 bits per heavy atom. The van der Waals surface area contributed by atoms with E-state index in [-0.39, 0.29) is 11.5 Å². The van der Waals surface area contributed by atoms with Gasteiger partial charge in [-0.05, 0) is 99.2 Å². The molecule has 0 unspecified atom stereocenters. The lowest BCUT2D eigenvalue weighted by atomic mass is 9.44. The number of carbonyl (C=O) groups excluding carboxylic acids is 1. The zero-order chi connectivity index (χ0) is 16.4. The summed E-state index contributed by atoms with van der Waals surface area (Å²) in [4.78, 5) is 12.2. The summed E-state index contributed by atoms with van der Waals surface area (Å²) in [5, 5.41) is 10.1. The van der Waals surface area contributed by atoms with Crippen LogP contribution in [-0.4, -0.2) is 17.0 Å². The van der Waals surface area contributed by atoms with E-state index in [9.17, 15) is 9.90 Å². The van der Waals surface area contributed by atoms with Crippen molar-refractivity contribution in [2.45, 2.75) is 84.7 Å². The number of fused-ring (bicyclic) bond motifs is 5. The first-order valence-electron chi connectivity index (χ1n) is 10.0. The van der Waals surface area contributed by atoms with Crippen LogP contribution in [-0.2, 0) is 4.79 Å². The zero-order valence-electron chi connectivity index (χ0n) is 15.2. The first-order chi connectivity index (χ1) is 10.9. The van der Waals surface area contributed by atoms with Crippen molar-refractivity contribution in [1.82, 2.24) is 0 Å². The van der Waals surface area contributed by atoms with Crippen molar-refractivity contribution in [2.75, 3.05) is 0 Å². The summed E-state index contributed by atoms with van der Waals surface area (Å²) >= 11 is 0. The fraction of sp³-hybridized carbons (Fsp3) is 0.952.